The molecule has 0 fully saturated rings. The first-order valence-corrected chi connectivity index (χ1v) is 8.51. The predicted octanol–water partition coefficient (Wildman–Crippen LogP) is 3.74. The van der Waals surface area contributed by atoms with Gasteiger partial charge in [-0.05, 0) is 35.4 Å². The number of ether oxygens (including phenoxy) is 2. The van der Waals surface area contributed by atoms with Gasteiger partial charge in [-0.3, -0.25) is 5.32 Å². The lowest BCUT2D eigenvalue weighted by Crippen LogP contribution is -2.22. The fraction of sp³-hybridized carbons (Fsp3) is 0.222. The molecule has 0 aliphatic rings. The first kappa shape index (κ1) is 20.8. The zero-order chi connectivity index (χ0) is 20.0. The number of amides is 1. The summed E-state index contributed by atoms with van der Waals surface area (Å²) in [7, 11) is 1.40. The highest BCUT2D eigenvalue weighted by Gasteiger charge is 2.16. The summed E-state index contributed by atoms with van der Waals surface area (Å²) in [6.07, 6.45) is -2.32. The molecule has 1 amide bonds. The minimum atomic E-state index is -1.52. The van der Waals surface area contributed by atoms with E-state index in [2.05, 4.69) is 5.32 Å². The molecule has 0 heterocycles. The van der Waals surface area contributed by atoms with E-state index in [1.54, 1.807) is 24.3 Å². The zero-order valence-electron chi connectivity index (χ0n) is 14.2. The van der Waals surface area contributed by atoms with E-state index in [-0.39, 0.29) is 13.0 Å². The summed E-state index contributed by atoms with van der Waals surface area (Å²) in [4.78, 5) is 22.7. The molecule has 1 unspecified atom stereocenters. The number of aliphatic carboxylic acids is 1. The molecule has 0 spiro atoms. The highest BCUT2D eigenvalue weighted by molar-refractivity contribution is 6.42. The van der Waals surface area contributed by atoms with Crippen molar-refractivity contribution in [3.8, 4) is 5.75 Å². The van der Waals surface area contributed by atoms with Crippen molar-refractivity contribution >= 4 is 41.0 Å². The summed E-state index contributed by atoms with van der Waals surface area (Å²) in [5, 5.41) is 21.5. The standard InChI is InChI=1S/C18H17Cl2NO6/c1-26-16-8-10(7-15(22)17(23)24)3-5-14(16)21-18(25)27-9-11-2-4-12(19)13(20)6-11/h2-6,8,15,22H,7,9H2,1H3,(H,21,25)(H,23,24). The Kier molecular flexibility index (Phi) is 7.29. The normalized spacial score (nSPS) is 11.6. The zero-order valence-corrected chi connectivity index (χ0v) is 15.8. The third-order valence-corrected chi connectivity index (χ3v) is 4.31. The molecular formula is C18H17Cl2NO6. The van der Waals surface area contributed by atoms with Crippen molar-refractivity contribution in [2.45, 2.75) is 19.1 Å². The van der Waals surface area contributed by atoms with Crippen molar-refractivity contribution in [2.24, 2.45) is 0 Å². The van der Waals surface area contributed by atoms with Gasteiger partial charge in [0.05, 0.1) is 22.8 Å². The quantitative estimate of drug-likeness (QED) is 0.638. The number of hydrogen-bond donors (Lipinski definition) is 3. The maximum Gasteiger partial charge on any atom is 0.412 e. The van der Waals surface area contributed by atoms with E-state index in [1.165, 1.54) is 19.2 Å². The van der Waals surface area contributed by atoms with Crippen molar-refractivity contribution in [2.75, 3.05) is 12.4 Å². The lowest BCUT2D eigenvalue weighted by atomic mass is 10.1. The number of carbonyl (C=O) groups excluding carboxylic acids is 1. The lowest BCUT2D eigenvalue weighted by Gasteiger charge is -2.13. The van der Waals surface area contributed by atoms with Crippen LogP contribution in [0.15, 0.2) is 36.4 Å². The summed E-state index contributed by atoms with van der Waals surface area (Å²) >= 11 is 11.7. The minimum absolute atomic E-state index is 0.00603. The number of carboxylic acids is 1. The molecule has 0 bridgehead atoms. The second-order valence-electron chi connectivity index (χ2n) is 5.54. The van der Waals surface area contributed by atoms with Gasteiger partial charge in [0.1, 0.15) is 12.4 Å². The summed E-state index contributed by atoms with van der Waals surface area (Å²) in [6.45, 7) is -0.00603. The van der Waals surface area contributed by atoms with E-state index in [0.29, 0.717) is 32.6 Å². The Morgan fingerprint density at radius 2 is 1.81 bits per heavy atom. The number of methoxy groups -OCH3 is 1. The van der Waals surface area contributed by atoms with Gasteiger partial charge in [0.15, 0.2) is 6.10 Å². The van der Waals surface area contributed by atoms with Crippen LogP contribution in [0.5, 0.6) is 5.75 Å². The van der Waals surface area contributed by atoms with E-state index >= 15 is 0 Å². The molecule has 9 heteroatoms. The van der Waals surface area contributed by atoms with Crippen LogP contribution in [0.4, 0.5) is 10.5 Å². The van der Waals surface area contributed by atoms with Gasteiger partial charge < -0.3 is 19.7 Å². The van der Waals surface area contributed by atoms with Gasteiger partial charge in [0.25, 0.3) is 0 Å². The van der Waals surface area contributed by atoms with Crippen LogP contribution in [0.25, 0.3) is 0 Å². The number of nitrogens with one attached hydrogen (secondary N) is 1. The van der Waals surface area contributed by atoms with Gasteiger partial charge in [-0.15, -0.1) is 0 Å². The molecule has 3 N–H and O–H groups in total. The number of benzene rings is 2. The third-order valence-electron chi connectivity index (χ3n) is 3.57. The van der Waals surface area contributed by atoms with Crippen molar-refractivity contribution < 1.29 is 29.3 Å². The summed E-state index contributed by atoms with van der Waals surface area (Å²) < 4.78 is 10.3. The molecule has 0 saturated carbocycles. The Hall–Kier alpha value is -2.48. The molecule has 0 radical (unpaired) electrons. The Morgan fingerprint density at radius 3 is 2.44 bits per heavy atom. The number of carboxylic acid groups (broad SMARTS) is 1. The molecule has 0 saturated heterocycles. The van der Waals surface area contributed by atoms with Gasteiger partial charge in [-0.2, -0.15) is 0 Å². The number of anilines is 1. The second-order valence-corrected chi connectivity index (χ2v) is 6.36. The number of rotatable bonds is 7. The number of hydrogen-bond acceptors (Lipinski definition) is 5. The fourth-order valence-corrected chi connectivity index (χ4v) is 2.52. The molecule has 0 aliphatic carbocycles. The van der Waals surface area contributed by atoms with E-state index < -0.39 is 18.2 Å². The SMILES string of the molecule is COc1cc(CC(O)C(=O)O)ccc1NC(=O)OCc1ccc(Cl)c(Cl)c1. The van der Waals surface area contributed by atoms with Gasteiger partial charge in [-0.25, -0.2) is 9.59 Å². The molecule has 144 valence electrons. The first-order chi connectivity index (χ1) is 12.8. The summed E-state index contributed by atoms with van der Waals surface area (Å²) in [6, 6.07) is 9.52. The van der Waals surface area contributed by atoms with Gasteiger partial charge in [0, 0.05) is 6.42 Å². The number of aliphatic hydroxyl groups is 1. The summed E-state index contributed by atoms with van der Waals surface area (Å²) in [5.74, 6) is -1.02. The van der Waals surface area contributed by atoms with Crippen LogP contribution in [-0.4, -0.2) is 35.5 Å². The molecule has 1 atom stereocenters. The van der Waals surface area contributed by atoms with E-state index in [4.69, 9.17) is 37.8 Å². The third kappa shape index (κ3) is 6.02. The van der Waals surface area contributed by atoms with Crippen molar-refractivity contribution in [1.82, 2.24) is 0 Å². The molecule has 2 rings (SSSR count). The van der Waals surface area contributed by atoms with Crippen molar-refractivity contribution in [3.63, 3.8) is 0 Å². The van der Waals surface area contributed by atoms with Gasteiger partial charge >= 0.3 is 12.1 Å². The molecule has 27 heavy (non-hydrogen) atoms. The highest BCUT2D eigenvalue weighted by Crippen LogP contribution is 2.27. The first-order valence-electron chi connectivity index (χ1n) is 7.75. The van der Waals surface area contributed by atoms with E-state index in [1.807, 2.05) is 0 Å². The predicted molar refractivity (Wildman–Crippen MR) is 101 cm³/mol. The number of carbonyl (C=O) groups is 2. The lowest BCUT2D eigenvalue weighted by molar-refractivity contribution is -0.146. The Bertz CT molecular complexity index is 843. The summed E-state index contributed by atoms with van der Waals surface area (Å²) in [5.41, 5.74) is 1.55. The maximum absolute atomic E-state index is 12.0. The number of aliphatic hydroxyl groups excluding tert-OH is 1. The van der Waals surface area contributed by atoms with Crippen molar-refractivity contribution in [1.29, 1.82) is 0 Å². The minimum Gasteiger partial charge on any atom is -0.495 e. The van der Waals surface area contributed by atoms with E-state index in [9.17, 15) is 14.7 Å². The highest BCUT2D eigenvalue weighted by atomic mass is 35.5. The molecule has 0 aromatic heterocycles. The van der Waals surface area contributed by atoms with Crippen LogP contribution in [0.1, 0.15) is 11.1 Å². The van der Waals surface area contributed by atoms with Crippen LogP contribution in [0.2, 0.25) is 10.0 Å². The average Bonchev–Trinajstić information content (AvgIpc) is 2.63. The molecule has 2 aromatic carbocycles. The molecule has 2 aromatic rings. The monoisotopic (exact) mass is 413 g/mol. The molecule has 0 aliphatic heterocycles. The van der Waals surface area contributed by atoms with Crippen LogP contribution >= 0.6 is 23.2 Å². The van der Waals surface area contributed by atoms with Crippen LogP contribution in [0, 0.1) is 0 Å². The van der Waals surface area contributed by atoms with Gasteiger partial charge in [-0.1, -0.05) is 35.3 Å². The van der Waals surface area contributed by atoms with E-state index in [0.717, 1.165) is 0 Å². The Labute approximate surface area is 165 Å². The van der Waals surface area contributed by atoms with Crippen LogP contribution in [-0.2, 0) is 22.6 Å². The largest absolute Gasteiger partial charge is 0.495 e. The number of halogens is 2. The second kappa shape index (κ2) is 9.45. The van der Waals surface area contributed by atoms with Crippen molar-refractivity contribution in [3.05, 3.63) is 57.6 Å². The fourth-order valence-electron chi connectivity index (χ4n) is 2.20. The van der Waals surface area contributed by atoms with Crippen LogP contribution in [0.3, 0.4) is 0 Å². The smallest absolute Gasteiger partial charge is 0.412 e. The topological polar surface area (TPSA) is 105 Å². The molecular weight excluding hydrogens is 397 g/mol. The molecule has 7 nitrogen and oxygen atoms in total. The van der Waals surface area contributed by atoms with Crippen LogP contribution < -0.4 is 10.1 Å². The average molecular weight is 414 g/mol. The maximum atomic E-state index is 12.0. The Morgan fingerprint density at radius 1 is 1.11 bits per heavy atom. The Balaban J connectivity index is 1.99. The van der Waals surface area contributed by atoms with Gasteiger partial charge in [0.2, 0.25) is 0 Å².